The van der Waals surface area contributed by atoms with Crippen LogP contribution in [0.2, 0.25) is 0 Å². The Morgan fingerprint density at radius 3 is 1.44 bits per heavy atom. The predicted molar refractivity (Wildman–Crippen MR) is 50.4 cm³/mol. The molecular formula is C5H13NNa2O6S2. The van der Waals surface area contributed by atoms with E-state index < -0.39 is 30.7 Å². The largest absolute Gasteiger partial charge is 1.00 e. The molecule has 2 N–H and O–H groups in total. The van der Waals surface area contributed by atoms with Crippen LogP contribution >= 0.6 is 0 Å². The van der Waals surface area contributed by atoms with Crippen LogP contribution in [0.4, 0.5) is 0 Å². The Morgan fingerprint density at radius 1 is 1.00 bits per heavy atom. The van der Waals surface area contributed by atoms with Crippen molar-refractivity contribution in [2.24, 2.45) is 0 Å². The number of rotatable bonds is 2. The summed E-state index contributed by atoms with van der Waals surface area (Å²) in [5, 5.41) is -2.94. The molecule has 0 bridgehead atoms. The first-order chi connectivity index (χ1) is 6.12. The Bertz CT molecular complexity index is 389. The van der Waals surface area contributed by atoms with Crippen LogP contribution in [0, 0.1) is 0 Å². The molecule has 16 heavy (non-hydrogen) atoms. The summed E-state index contributed by atoms with van der Waals surface area (Å²) < 4.78 is 60.6. The SMILES string of the molecule is CN1C[C@@H](S(=O)(=O)O)[C@@H](S(=O)(=O)O)C1.[H-].[H-].[Na+].[Na+]. The minimum Gasteiger partial charge on any atom is -1.00 e. The molecule has 0 radical (unpaired) electrons. The first-order valence-electron chi connectivity index (χ1n) is 3.73. The third-order valence-corrected chi connectivity index (χ3v) is 4.82. The van der Waals surface area contributed by atoms with Gasteiger partial charge in [0.25, 0.3) is 20.2 Å². The summed E-state index contributed by atoms with van der Waals surface area (Å²) in [6.45, 7) is -0.216. The molecule has 0 saturated carbocycles. The standard InChI is InChI=1S/C5H11NO6S2.2Na.2H/c1-6-2-4(13(7,8)9)5(3-6)14(10,11)12;;;;/h4-5H,2-3H2,1H3,(H,7,8,9)(H,10,11,12);;;;/q;2*+1;2*-1/t4-,5+;;;;. The molecule has 88 valence electrons. The van der Waals surface area contributed by atoms with Gasteiger partial charge in [-0.15, -0.1) is 0 Å². The van der Waals surface area contributed by atoms with Gasteiger partial charge in [0.1, 0.15) is 10.5 Å². The van der Waals surface area contributed by atoms with Crippen molar-refractivity contribution < 1.29 is 87.9 Å². The van der Waals surface area contributed by atoms with Crippen molar-refractivity contribution in [3.05, 3.63) is 0 Å². The number of likely N-dealkylation sites (tertiary alicyclic amines) is 1. The summed E-state index contributed by atoms with van der Waals surface area (Å²) in [4.78, 5) is 1.41. The molecule has 1 saturated heterocycles. The van der Waals surface area contributed by atoms with Crippen molar-refractivity contribution in [3.8, 4) is 0 Å². The third kappa shape index (κ3) is 5.19. The first-order valence-corrected chi connectivity index (χ1v) is 6.74. The fraction of sp³-hybridized carbons (Fsp3) is 1.00. The first kappa shape index (κ1) is 20.1. The molecule has 0 aliphatic carbocycles. The Labute approximate surface area is 142 Å². The summed E-state index contributed by atoms with van der Waals surface area (Å²) in [7, 11) is -7.39. The molecule has 1 rings (SSSR count). The van der Waals surface area contributed by atoms with Gasteiger partial charge >= 0.3 is 59.1 Å². The van der Waals surface area contributed by atoms with E-state index in [1.54, 1.807) is 0 Å². The van der Waals surface area contributed by atoms with E-state index in [1.807, 2.05) is 0 Å². The van der Waals surface area contributed by atoms with E-state index in [9.17, 15) is 16.8 Å². The molecule has 0 aromatic carbocycles. The van der Waals surface area contributed by atoms with Crippen LogP contribution in [0.5, 0.6) is 0 Å². The summed E-state index contributed by atoms with van der Waals surface area (Å²) >= 11 is 0. The van der Waals surface area contributed by atoms with Gasteiger partial charge in [-0.2, -0.15) is 16.8 Å². The summed E-state index contributed by atoms with van der Waals surface area (Å²) in [5.74, 6) is 0. The summed E-state index contributed by atoms with van der Waals surface area (Å²) in [6, 6.07) is 0. The molecule has 0 unspecified atom stereocenters. The zero-order valence-corrected chi connectivity index (χ0v) is 15.0. The molecule has 11 heteroatoms. The van der Waals surface area contributed by atoms with Gasteiger partial charge in [-0.05, 0) is 7.05 Å². The minimum atomic E-state index is -4.45. The topological polar surface area (TPSA) is 112 Å². The van der Waals surface area contributed by atoms with Crippen molar-refractivity contribution in [2.45, 2.75) is 10.5 Å². The molecule has 2 atom stereocenters. The maximum absolute atomic E-state index is 10.8. The van der Waals surface area contributed by atoms with Gasteiger partial charge in [0.15, 0.2) is 0 Å². The molecule has 1 aliphatic heterocycles. The van der Waals surface area contributed by atoms with Gasteiger partial charge in [-0.25, -0.2) is 0 Å². The third-order valence-electron chi connectivity index (χ3n) is 2.16. The average molecular weight is 293 g/mol. The molecule has 7 nitrogen and oxygen atoms in total. The Morgan fingerprint density at radius 2 is 1.25 bits per heavy atom. The Hall–Kier alpha value is 1.78. The average Bonchev–Trinajstić information content (AvgIpc) is 2.27. The molecule has 0 aromatic rings. The second kappa shape index (κ2) is 6.80. The summed E-state index contributed by atoms with van der Waals surface area (Å²) in [6.07, 6.45) is 0. The fourth-order valence-electron chi connectivity index (χ4n) is 1.50. The van der Waals surface area contributed by atoms with E-state index >= 15 is 0 Å². The number of nitrogens with zero attached hydrogens (tertiary/aromatic N) is 1. The van der Waals surface area contributed by atoms with Gasteiger partial charge < -0.3 is 7.75 Å². The van der Waals surface area contributed by atoms with Crippen LogP contribution in [0.1, 0.15) is 2.85 Å². The zero-order valence-electron chi connectivity index (χ0n) is 11.4. The smallest absolute Gasteiger partial charge is 1.00 e. The van der Waals surface area contributed by atoms with Crippen LogP contribution < -0.4 is 59.1 Å². The number of hydrogen-bond donors (Lipinski definition) is 2. The van der Waals surface area contributed by atoms with Crippen molar-refractivity contribution in [1.29, 1.82) is 0 Å². The summed E-state index contributed by atoms with van der Waals surface area (Å²) in [5.41, 5.74) is 0. The molecule has 0 aromatic heterocycles. The molecule has 0 amide bonds. The van der Waals surface area contributed by atoms with Crippen molar-refractivity contribution >= 4 is 20.2 Å². The van der Waals surface area contributed by atoms with Crippen LogP contribution in [0.3, 0.4) is 0 Å². The Balaban J connectivity index is -0.000000245. The quantitative estimate of drug-likeness (QED) is 0.384. The minimum absolute atomic E-state index is 0. The van der Waals surface area contributed by atoms with E-state index in [0.29, 0.717) is 0 Å². The maximum atomic E-state index is 10.8. The molecule has 1 aliphatic rings. The number of hydrogen-bond acceptors (Lipinski definition) is 5. The fourth-order valence-corrected chi connectivity index (χ4v) is 4.16. The van der Waals surface area contributed by atoms with Gasteiger partial charge in [0.2, 0.25) is 0 Å². The van der Waals surface area contributed by atoms with Gasteiger partial charge in [0, 0.05) is 13.1 Å². The van der Waals surface area contributed by atoms with Crippen molar-refractivity contribution in [1.82, 2.24) is 4.90 Å². The normalized spacial score (nSPS) is 26.9. The molecule has 1 fully saturated rings. The van der Waals surface area contributed by atoms with E-state index in [1.165, 1.54) is 11.9 Å². The van der Waals surface area contributed by atoms with Crippen LogP contribution in [-0.4, -0.2) is 61.5 Å². The van der Waals surface area contributed by atoms with Crippen LogP contribution in [-0.2, 0) is 20.2 Å². The van der Waals surface area contributed by atoms with E-state index in [-0.39, 0.29) is 75.1 Å². The van der Waals surface area contributed by atoms with Gasteiger partial charge in [0.05, 0.1) is 0 Å². The second-order valence-corrected chi connectivity index (χ2v) is 6.60. The van der Waals surface area contributed by atoms with Crippen LogP contribution in [0.15, 0.2) is 0 Å². The van der Waals surface area contributed by atoms with E-state index in [4.69, 9.17) is 9.11 Å². The maximum Gasteiger partial charge on any atom is 1.00 e. The monoisotopic (exact) mass is 293 g/mol. The van der Waals surface area contributed by atoms with Crippen molar-refractivity contribution in [3.63, 3.8) is 0 Å². The zero-order chi connectivity index (χ0) is 11.1. The van der Waals surface area contributed by atoms with E-state index in [2.05, 4.69) is 0 Å². The molecular weight excluding hydrogens is 280 g/mol. The second-order valence-electron chi connectivity index (χ2n) is 3.33. The predicted octanol–water partition coefficient (Wildman–Crippen LogP) is -7.32. The van der Waals surface area contributed by atoms with Crippen molar-refractivity contribution in [2.75, 3.05) is 20.1 Å². The van der Waals surface area contributed by atoms with Crippen LogP contribution in [0.25, 0.3) is 0 Å². The van der Waals surface area contributed by atoms with Gasteiger partial charge in [-0.1, -0.05) is 0 Å². The molecule has 0 spiro atoms. The molecule has 1 heterocycles. The van der Waals surface area contributed by atoms with E-state index in [0.717, 1.165) is 0 Å². The Kier molecular flexibility index (Phi) is 8.55. The van der Waals surface area contributed by atoms with Gasteiger partial charge in [-0.3, -0.25) is 9.11 Å².